The normalized spacial score (nSPS) is 17.3. The van der Waals surface area contributed by atoms with Crippen LogP contribution in [0.1, 0.15) is 23.5 Å². The number of hydrogen-bond acceptors (Lipinski definition) is 0. The van der Waals surface area contributed by atoms with Crippen molar-refractivity contribution in [2.75, 3.05) is 0 Å². The lowest BCUT2D eigenvalue weighted by Crippen LogP contribution is -1.69. The van der Waals surface area contributed by atoms with E-state index in [2.05, 4.69) is 0 Å². The Morgan fingerprint density at radius 2 is 2.10 bits per heavy atom. The van der Waals surface area contributed by atoms with Crippen LogP contribution in [0.4, 0.5) is 0 Å². The summed E-state index contributed by atoms with van der Waals surface area (Å²) in [5.41, 5.74) is 1.34. The van der Waals surface area contributed by atoms with Gasteiger partial charge < -0.3 is 0 Å². The molecule has 0 spiro atoms. The molecular weight excluding hydrogens is 120 g/mol. The Morgan fingerprint density at radius 3 is 2.70 bits per heavy atom. The fraction of sp³-hybridized carbons (Fsp3) is 0.200. The van der Waals surface area contributed by atoms with Gasteiger partial charge in [-0.1, -0.05) is 42.0 Å². The van der Waals surface area contributed by atoms with Crippen LogP contribution in [0.2, 0.25) is 0 Å². The Balaban J connectivity index is 2.90. The Morgan fingerprint density at radius 1 is 1.40 bits per heavy atom. The average molecular weight is 135 g/mol. The third kappa shape index (κ3) is 2.06. The first-order chi connectivity index (χ1) is 6.00. The molecule has 0 nitrogen and oxygen atoms in total. The van der Waals surface area contributed by atoms with Crippen molar-refractivity contribution in [1.82, 2.24) is 0 Å². The van der Waals surface area contributed by atoms with Crippen molar-refractivity contribution in [3.8, 4) is 0 Å². The monoisotopic (exact) mass is 135 g/mol. The second-order valence-corrected chi connectivity index (χ2v) is 2.24. The highest BCUT2D eigenvalue weighted by atomic mass is 13.9. The summed E-state index contributed by atoms with van der Waals surface area (Å²) in [5, 5.41) is 0. The smallest absolute Gasteiger partial charge is 0.0276 e. The third-order valence-corrected chi connectivity index (χ3v) is 1.18. The molecule has 0 heteroatoms. The molecule has 0 bridgehead atoms. The maximum atomic E-state index is 7.15. The zero-order chi connectivity index (χ0) is 9.90. The first-order valence-corrected chi connectivity index (χ1v) is 3.24. The van der Waals surface area contributed by atoms with Crippen LogP contribution in [0.5, 0.6) is 0 Å². The molecule has 1 aromatic carbocycles. The summed E-state index contributed by atoms with van der Waals surface area (Å²) < 4.78 is 21.5. The highest BCUT2D eigenvalue weighted by molar-refractivity contribution is 5.51. The SMILES string of the molecule is [2H]C([2H])([2H])/C(C)=C/c1ccccc1. The molecule has 1 aromatic rings. The molecule has 0 unspecified atom stereocenters. The van der Waals surface area contributed by atoms with Gasteiger partial charge in [0.05, 0.1) is 0 Å². The number of benzene rings is 1. The van der Waals surface area contributed by atoms with Crippen LogP contribution in [0.25, 0.3) is 6.08 Å². The van der Waals surface area contributed by atoms with Crippen LogP contribution in [0.15, 0.2) is 35.9 Å². The van der Waals surface area contributed by atoms with E-state index < -0.39 is 6.85 Å². The Labute approximate surface area is 66.4 Å². The third-order valence-electron chi connectivity index (χ3n) is 1.18. The number of rotatable bonds is 1. The lowest BCUT2D eigenvalue weighted by molar-refractivity contribution is 1.42. The fourth-order valence-corrected chi connectivity index (χ4v) is 0.799. The first-order valence-electron chi connectivity index (χ1n) is 4.74. The summed E-state index contributed by atoms with van der Waals surface area (Å²) >= 11 is 0. The molecule has 0 atom stereocenters. The van der Waals surface area contributed by atoms with Crippen LogP contribution in [0, 0.1) is 0 Å². The van der Waals surface area contributed by atoms with Gasteiger partial charge in [0, 0.05) is 4.11 Å². The zero-order valence-electron chi connectivity index (χ0n) is 8.96. The van der Waals surface area contributed by atoms with Gasteiger partial charge in [-0.15, -0.1) is 0 Å². The largest absolute Gasteiger partial charge is 0.0758 e. The number of hydrogen-bond donors (Lipinski definition) is 0. The summed E-state index contributed by atoms with van der Waals surface area (Å²) in [6.45, 7) is -0.351. The van der Waals surface area contributed by atoms with Crippen molar-refractivity contribution >= 4 is 6.08 Å². The maximum absolute atomic E-state index is 7.15. The van der Waals surface area contributed by atoms with Crippen molar-refractivity contribution in [2.45, 2.75) is 13.8 Å². The molecule has 52 valence electrons. The molecule has 0 radical (unpaired) electrons. The Hall–Kier alpha value is -1.04. The second-order valence-electron chi connectivity index (χ2n) is 2.24. The van der Waals surface area contributed by atoms with Crippen LogP contribution >= 0.6 is 0 Å². The van der Waals surface area contributed by atoms with Crippen molar-refractivity contribution in [2.24, 2.45) is 0 Å². The second kappa shape index (κ2) is 3.21. The van der Waals surface area contributed by atoms with E-state index in [9.17, 15) is 0 Å². The quantitative estimate of drug-likeness (QED) is 0.555. The molecule has 0 aliphatic heterocycles. The van der Waals surface area contributed by atoms with Crippen LogP contribution in [-0.4, -0.2) is 0 Å². The molecule has 0 aromatic heterocycles. The van der Waals surface area contributed by atoms with Crippen LogP contribution in [-0.2, 0) is 0 Å². The van der Waals surface area contributed by atoms with Crippen LogP contribution in [0.3, 0.4) is 0 Å². The summed E-state index contributed by atoms with van der Waals surface area (Å²) in [6, 6.07) is 9.45. The van der Waals surface area contributed by atoms with E-state index in [1.807, 2.05) is 30.3 Å². The van der Waals surface area contributed by atoms with Crippen molar-refractivity contribution in [1.29, 1.82) is 0 Å². The van der Waals surface area contributed by atoms with E-state index in [4.69, 9.17) is 4.11 Å². The molecule has 0 N–H and O–H groups in total. The van der Waals surface area contributed by atoms with Gasteiger partial charge in [0.1, 0.15) is 0 Å². The van der Waals surface area contributed by atoms with Gasteiger partial charge in [-0.2, -0.15) is 0 Å². The van der Waals surface area contributed by atoms with E-state index in [0.29, 0.717) is 5.57 Å². The summed E-state index contributed by atoms with van der Waals surface area (Å²) in [6.07, 6.45) is 1.69. The molecule has 0 heterocycles. The van der Waals surface area contributed by atoms with Crippen molar-refractivity contribution in [3.05, 3.63) is 41.5 Å². The van der Waals surface area contributed by atoms with Crippen molar-refractivity contribution < 1.29 is 4.11 Å². The molecule has 0 aliphatic rings. The van der Waals surface area contributed by atoms with E-state index in [1.165, 1.54) is 0 Å². The lowest BCUT2D eigenvalue weighted by Gasteiger charge is -1.91. The van der Waals surface area contributed by atoms with E-state index >= 15 is 0 Å². The molecule has 0 aliphatic carbocycles. The van der Waals surface area contributed by atoms with E-state index in [1.54, 1.807) is 13.0 Å². The van der Waals surface area contributed by atoms with E-state index in [-0.39, 0.29) is 0 Å². The summed E-state index contributed by atoms with van der Waals surface area (Å²) in [4.78, 5) is 0. The average Bonchev–Trinajstić information content (AvgIpc) is 2.04. The predicted molar refractivity (Wildman–Crippen MR) is 45.8 cm³/mol. The van der Waals surface area contributed by atoms with Gasteiger partial charge in [0.15, 0.2) is 0 Å². The highest BCUT2D eigenvalue weighted by Crippen LogP contribution is 2.04. The molecule has 0 saturated carbocycles. The van der Waals surface area contributed by atoms with Crippen LogP contribution < -0.4 is 0 Å². The molecule has 0 saturated heterocycles. The summed E-state index contributed by atoms with van der Waals surface area (Å²) in [7, 11) is 0. The molecule has 1 rings (SSSR count). The Bertz CT molecular complexity index is 296. The minimum atomic E-state index is -1.98. The zero-order valence-corrected chi connectivity index (χ0v) is 5.96. The van der Waals surface area contributed by atoms with Crippen molar-refractivity contribution in [3.63, 3.8) is 0 Å². The molecular formula is C10H12. The number of allylic oxidation sites excluding steroid dienone is 1. The van der Waals surface area contributed by atoms with Gasteiger partial charge in [0.2, 0.25) is 0 Å². The molecule has 0 fully saturated rings. The standard InChI is InChI=1S/C10H12/c1-9(2)8-10-6-4-3-5-7-10/h3-8H,1-2H3/i1D3/b9-8-. The van der Waals surface area contributed by atoms with Gasteiger partial charge in [-0.05, 0) is 19.3 Å². The highest BCUT2D eigenvalue weighted by Gasteiger charge is 1.82. The fourth-order valence-electron chi connectivity index (χ4n) is 0.799. The van der Waals surface area contributed by atoms with Gasteiger partial charge >= 0.3 is 0 Å². The van der Waals surface area contributed by atoms with E-state index in [0.717, 1.165) is 5.56 Å². The maximum Gasteiger partial charge on any atom is 0.0276 e. The predicted octanol–water partition coefficient (Wildman–Crippen LogP) is 3.11. The summed E-state index contributed by atoms with van der Waals surface area (Å²) in [5.74, 6) is 0. The minimum Gasteiger partial charge on any atom is -0.0758 e. The molecule has 0 amide bonds. The molecule has 10 heavy (non-hydrogen) atoms. The Kier molecular flexibility index (Phi) is 1.27. The first kappa shape index (κ1) is 3.97. The van der Waals surface area contributed by atoms with Gasteiger partial charge in [-0.25, -0.2) is 0 Å². The minimum absolute atomic E-state index is 0.415. The lowest BCUT2D eigenvalue weighted by atomic mass is 10.2. The van der Waals surface area contributed by atoms with Gasteiger partial charge in [0.25, 0.3) is 0 Å². The topological polar surface area (TPSA) is 0 Å². The van der Waals surface area contributed by atoms with Gasteiger partial charge in [-0.3, -0.25) is 0 Å².